The molecule has 86 valence electrons. The smallest absolute Gasteiger partial charge is 0.410 e. The highest BCUT2D eigenvalue weighted by atomic mass is 16.6. The number of nitrogens with zero attached hydrogens (tertiary/aromatic N) is 1. The second kappa shape index (κ2) is 5.00. The number of rotatable bonds is 4. The van der Waals surface area contributed by atoms with Crippen molar-refractivity contribution in [1.29, 1.82) is 0 Å². The van der Waals surface area contributed by atoms with Gasteiger partial charge in [-0.2, -0.15) is 0 Å². The number of amides is 1. The number of aliphatic carboxylic acids is 1. The summed E-state index contributed by atoms with van der Waals surface area (Å²) in [5.41, 5.74) is 0. The molecule has 0 aromatic heterocycles. The number of hydrogen-bond donors (Lipinski definition) is 1. The Labute approximate surface area is 89.0 Å². The van der Waals surface area contributed by atoms with Crippen molar-refractivity contribution in [3.63, 3.8) is 0 Å². The number of ether oxygens (including phenoxy) is 1. The Morgan fingerprint density at radius 1 is 1.73 bits per heavy atom. The van der Waals surface area contributed by atoms with Crippen LogP contribution in [0, 0.1) is 5.92 Å². The third kappa shape index (κ3) is 3.11. The van der Waals surface area contributed by atoms with Crippen LogP contribution in [0.15, 0.2) is 0 Å². The van der Waals surface area contributed by atoms with E-state index in [1.165, 1.54) is 0 Å². The molecule has 5 heteroatoms. The predicted octanol–water partition coefficient (Wildman–Crippen LogP) is 1.33. The van der Waals surface area contributed by atoms with Crippen LogP contribution in [0.4, 0.5) is 4.79 Å². The van der Waals surface area contributed by atoms with Crippen molar-refractivity contribution in [1.82, 2.24) is 4.90 Å². The Hall–Kier alpha value is -1.26. The second-order valence-corrected chi connectivity index (χ2v) is 3.95. The quantitative estimate of drug-likeness (QED) is 0.768. The molecule has 0 spiro atoms. The van der Waals surface area contributed by atoms with Crippen LogP contribution in [-0.2, 0) is 9.53 Å². The lowest BCUT2D eigenvalue weighted by Gasteiger charge is -2.35. The zero-order valence-electron chi connectivity index (χ0n) is 9.10. The van der Waals surface area contributed by atoms with Crippen LogP contribution in [-0.4, -0.2) is 41.3 Å². The predicted molar refractivity (Wildman–Crippen MR) is 53.5 cm³/mol. The van der Waals surface area contributed by atoms with Crippen molar-refractivity contribution >= 4 is 12.1 Å². The van der Waals surface area contributed by atoms with Gasteiger partial charge in [-0.1, -0.05) is 6.92 Å². The van der Waals surface area contributed by atoms with Crippen LogP contribution in [0.3, 0.4) is 0 Å². The Kier molecular flexibility index (Phi) is 3.94. The first-order valence-electron chi connectivity index (χ1n) is 5.19. The Balaban J connectivity index is 2.55. The van der Waals surface area contributed by atoms with Gasteiger partial charge in [0, 0.05) is 18.5 Å². The van der Waals surface area contributed by atoms with Crippen molar-refractivity contribution in [3.8, 4) is 0 Å². The molecule has 0 aliphatic carbocycles. The van der Waals surface area contributed by atoms with Crippen LogP contribution < -0.4 is 0 Å². The average molecular weight is 215 g/mol. The first-order valence-corrected chi connectivity index (χ1v) is 5.19. The highest BCUT2D eigenvalue weighted by Crippen LogP contribution is 2.18. The van der Waals surface area contributed by atoms with E-state index in [1.54, 1.807) is 4.90 Å². The molecule has 0 aromatic carbocycles. The van der Waals surface area contributed by atoms with E-state index >= 15 is 0 Å². The zero-order valence-corrected chi connectivity index (χ0v) is 9.10. The van der Waals surface area contributed by atoms with Crippen molar-refractivity contribution in [2.24, 2.45) is 5.92 Å². The van der Waals surface area contributed by atoms with Crippen LogP contribution in [0.2, 0.25) is 0 Å². The van der Waals surface area contributed by atoms with Crippen molar-refractivity contribution in [2.75, 3.05) is 13.2 Å². The number of carbonyl (C=O) groups excluding carboxylic acids is 1. The molecule has 1 fully saturated rings. The fourth-order valence-electron chi connectivity index (χ4n) is 1.63. The topological polar surface area (TPSA) is 66.8 Å². The standard InChI is InChI=1S/C10H17NO4/c1-3-7(2)11-5-8(4-9(12)13)6-15-10(11)14/h7-8H,3-6H2,1-2H3,(H,12,13). The summed E-state index contributed by atoms with van der Waals surface area (Å²) in [5, 5.41) is 8.65. The summed E-state index contributed by atoms with van der Waals surface area (Å²) in [4.78, 5) is 23.5. The number of cyclic esters (lactones) is 1. The lowest BCUT2D eigenvalue weighted by atomic mass is 10.0. The molecule has 1 N–H and O–H groups in total. The zero-order chi connectivity index (χ0) is 11.4. The van der Waals surface area contributed by atoms with Crippen LogP contribution in [0.1, 0.15) is 26.7 Å². The molecule has 1 saturated heterocycles. The summed E-state index contributed by atoms with van der Waals surface area (Å²) in [6, 6.07) is 0.106. The molecular weight excluding hydrogens is 198 g/mol. The minimum atomic E-state index is -0.845. The molecule has 0 radical (unpaired) electrons. The van der Waals surface area contributed by atoms with Crippen LogP contribution in [0.25, 0.3) is 0 Å². The summed E-state index contributed by atoms with van der Waals surface area (Å²) >= 11 is 0. The number of carboxylic acid groups (broad SMARTS) is 1. The van der Waals surface area contributed by atoms with Gasteiger partial charge in [-0.3, -0.25) is 4.79 Å². The Morgan fingerprint density at radius 3 is 2.93 bits per heavy atom. The molecule has 15 heavy (non-hydrogen) atoms. The third-order valence-electron chi connectivity index (χ3n) is 2.72. The molecule has 0 aromatic rings. The van der Waals surface area contributed by atoms with E-state index in [2.05, 4.69) is 0 Å². The summed E-state index contributed by atoms with van der Waals surface area (Å²) < 4.78 is 4.95. The van der Waals surface area contributed by atoms with Crippen LogP contribution in [0.5, 0.6) is 0 Å². The van der Waals surface area contributed by atoms with Crippen molar-refractivity contribution < 1.29 is 19.4 Å². The molecule has 1 rings (SSSR count). The normalized spacial score (nSPS) is 23.5. The third-order valence-corrected chi connectivity index (χ3v) is 2.72. The fraction of sp³-hybridized carbons (Fsp3) is 0.800. The van der Waals surface area contributed by atoms with Crippen LogP contribution >= 0.6 is 0 Å². The minimum absolute atomic E-state index is 0.0558. The van der Waals surface area contributed by atoms with E-state index in [0.29, 0.717) is 6.54 Å². The van der Waals surface area contributed by atoms with Crippen molar-refractivity contribution in [2.45, 2.75) is 32.7 Å². The highest BCUT2D eigenvalue weighted by Gasteiger charge is 2.30. The second-order valence-electron chi connectivity index (χ2n) is 3.95. The van der Waals surface area contributed by atoms with Gasteiger partial charge >= 0.3 is 12.1 Å². The molecule has 0 bridgehead atoms. The number of carbonyl (C=O) groups is 2. The monoisotopic (exact) mass is 215 g/mol. The summed E-state index contributed by atoms with van der Waals surface area (Å²) in [6.07, 6.45) is 0.570. The van der Waals surface area contributed by atoms with Gasteiger partial charge in [-0.15, -0.1) is 0 Å². The largest absolute Gasteiger partial charge is 0.481 e. The lowest BCUT2D eigenvalue weighted by molar-refractivity contribution is -0.139. The molecule has 2 atom stereocenters. The lowest BCUT2D eigenvalue weighted by Crippen LogP contribution is -2.47. The summed E-state index contributed by atoms with van der Waals surface area (Å²) in [7, 11) is 0. The summed E-state index contributed by atoms with van der Waals surface area (Å²) in [6.45, 7) is 4.63. The molecule has 1 aliphatic rings. The van der Waals surface area contributed by atoms with E-state index in [1.807, 2.05) is 13.8 Å². The highest BCUT2D eigenvalue weighted by molar-refractivity contribution is 5.70. The van der Waals surface area contributed by atoms with Gasteiger partial charge in [0.25, 0.3) is 0 Å². The van der Waals surface area contributed by atoms with Gasteiger partial charge in [0.15, 0.2) is 0 Å². The fourth-order valence-corrected chi connectivity index (χ4v) is 1.63. The maximum absolute atomic E-state index is 11.4. The number of hydrogen-bond acceptors (Lipinski definition) is 3. The van der Waals surface area contributed by atoms with E-state index < -0.39 is 5.97 Å². The van der Waals surface area contributed by atoms with Gasteiger partial charge in [0.05, 0.1) is 13.0 Å². The number of carboxylic acids is 1. The van der Waals surface area contributed by atoms with E-state index in [9.17, 15) is 9.59 Å². The molecule has 1 amide bonds. The van der Waals surface area contributed by atoms with E-state index in [-0.39, 0.29) is 31.1 Å². The van der Waals surface area contributed by atoms with Gasteiger partial charge < -0.3 is 14.7 Å². The first kappa shape index (κ1) is 11.8. The molecule has 0 saturated carbocycles. The Bertz CT molecular complexity index is 254. The van der Waals surface area contributed by atoms with Crippen molar-refractivity contribution in [3.05, 3.63) is 0 Å². The minimum Gasteiger partial charge on any atom is -0.481 e. The van der Waals surface area contributed by atoms with Gasteiger partial charge in [0.2, 0.25) is 0 Å². The SMILES string of the molecule is CCC(C)N1CC(CC(=O)O)COC1=O. The van der Waals surface area contributed by atoms with Gasteiger partial charge in [-0.25, -0.2) is 4.79 Å². The average Bonchev–Trinajstić information content (AvgIpc) is 2.19. The van der Waals surface area contributed by atoms with Gasteiger partial charge in [-0.05, 0) is 13.3 Å². The Morgan fingerprint density at radius 2 is 2.40 bits per heavy atom. The molecular formula is C10H17NO4. The maximum atomic E-state index is 11.4. The molecule has 1 aliphatic heterocycles. The maximum Gasteiger partial charge on any atom is 0.410 e. The first-order chi connectivity index (χ1) is 7.04. The molecule has 5 nitrogen and oxygen atoms in total. The van der Waals surface area contributed by atoms with E-state index in [0.717, 1.165) is 6.42 Å². The summed E-state index contributed by atoms with van der Waals surface area (Å²) in [5.74, 6) is -0.934. The molecule has 2 unspecified atom stereocenters. The molecule has 1 heterocycles. The van der Waals surface area contributed by atoms with E-state index in [4.69, 9.17) is 9.84 Å². The van der Waals surface area contributed by atoms with Gasteiger partial charge in [0.1, 0.15) is 0 Å².